The van der Waals surface area contributed by atoms with Gasteiger partial charge >= 0.3 is 90.5 Å². The van der Waals surface area contributed by atoms with Crippen LogP contribution >= 0.6 is 0 Å². The van der Waals surface area contributed by atoms with Gasteiger partial charge in [0.2, 0.25) is 0 Å². The van der Waals surface area contributed by atoms with Crippen LogP contribution in [-0.4, -0.2) is 32.8 Å². The summed E-state index contributed by atoms with van der Waals surface area (Å²) in [7, 11) is 0. The molecule has 0 rings (SSSR count). The summed E-state index contributed by atoms with van der Waals surface area (Å²) in [4.78, 5) is 2.34. The minimum absolute atomic E-state index is 0.362. The maximum absolute atomic E-state index is 5.84. The van der Waals surface area contributed by atoms with Gasteiger partial charge in [0.05, 0.1) is 0 Å². The Morgan fingerprint density at radius 3 is 2.38 bits per heavy atom. The van der Waals surface area contributed by atoms with E-state index in [1.165, 1.54) is 10.9 Å². The van der Waals surface area contributed by atoms with E-state index in [9.17, 15) is 0 Å². The van der Waals surface area contributed by atoms with Gasteiger partial charge < -0.3 is 0 Å². The van der Waals surface area contributed by atoms with Crippen LogP contribution in [0.2, 0.25) is 9.38 Å². The zero-order valence-corrected chi connectivity index (χ0v) is 12.3. The Balaban J connectivity index is 3.25. The third kappa shape index (κ3) is 10.6. The van der Waals surface area contributed by atoms with Crippen LogP contribution in [0.3, 0.4) is 0 Å². The Bertz CT molecular complexity index is 117. The van der Waals surface area contributed by atoms with Gasteiger partial charge in [0, 0.05) is 0 Å². The van der Waals surface area contributed by atoms with Crippen molar-refractivity contribution < 1.29 is 3.07 Å². The van der Waals surface area contributed by atoms with Gasteiger partial charge in [-0.1, -0.05) is 0 Å². The first-order valence-electron chi connectivity index (χ1n) is 5.23. The fourth-order valence-corrected chi connectivity index (χ4v) is 5.23. The van der Waals surface area contributed by atoms with Crippen LogP contribution in [0.4, 0.5) is 0 Å². The summed E-state index contributed by atoms with van der Waals surface area (Å²) in [5.41, 5.74) is 5.68. The minimum atomic E-state index is -1.40. The fourth-order valence-electron chi connectivity index (χ4n) is 1.05. The molecule has 0 spiro atoms. The molecule has 1 unspecified atom stereocenters. The Labute approximate surface area is 90.5 Å². The summed E-state index contributed by atoms with van der Waals surface area (Å²) < 4.78 is 7.17. The van der Waals surface area contributed by atoms with E-state index >= 15 is 0 Å². The van der Waals surface area contributed by atoms with E-state index in [0.29, 0.717) is 12.0 Å². The van der Waals surface area contributed by atoms with Gasteiger partial charge in [-0.2, -0.15) is 0 Å². The van der Waals surface area contributed by atoms with Crippen LogP contribution in [0, 0.1) is 5.92 Å². The fraction of sp³-hybridized carbons (Fsp3) is 1.00. The Morgan fingerprint density at radius 2 is 1.92 bits per heavy atom. The second-order valence-electron chi connectivity index (χ2n) is 4.28. The van der Waals surface area contributed by atoms with E-state index in [1.54, 1.807) is 0 Å². The molecule has 0 bridgehead atoms. The molecule has 0 saturated carbocycles. The molecule has 0 aromatic carbocycles. The molecule has 1 atom stereocenters. The summed E-state index contributed by atoms with van der Waals surface area (Å²) in [6, 6.07) is 0.362. The van der Waals surface area contributed by atoms with E-state index in [2.05, 4.69) is 25.7 Å². The summed E-state index contributed by atoms with van der Waals surface area (Å²) in [6.07, 6.45) is 2.42. The zero-order valence-electron chi connectivity index (χ0n) is 9.47. The first kappa shape index (κ1) is 13.7. The molecule has 0 heterocycles. The SMILES string of the molecule is CC(C)C[O][Sn+]([CH3])[CH2]CCC(C)N. The van der Waals surface area contributed by atoms with E-state index < -0.39 is 20.2 Å². The number of rotatable bonds is 7. The van der Waals surface area contributed by atoms with Gasteiger partial charge in [0.1, 0.15) is 0 Å². The molecule has 0 aliphatic rings. The quantitative estimate of drug-likeness (QED) is 0.732. The molecular weight excluding hydrogens is 269 g/mol. The molecule has 0 saturated heterocycles. The van der Waals surface area contributed by atoms with E-state index in [-0.39, 0.29) is 0 Å². The topological polar surface area (TPSA) is 35.2 Å². The second-order valence-corrected chi connectivity index (χ2v) is 10.5. The summed E-state index contributed by atoms with van der Waals surface area (Å²) in [5.74, 6) is 0.684. The Hall–Kier alpha value is 0.719. The summed E-state index contributed by atoms with van der Waals surface area (Å²) >= 11 is -1.40. The molecule has 2 nitrogen and oxygen atoms in total. The normalized spacial score (nSPS) is 13.4. The van der Waals surface area contributed by atoms with E-state index in [4.69, 9.17) is 8.81 Å². The molecule has 0 aromatic heterocycles. The van der Waals surface area contributed by atoms with Crippen molar-refractivity contribution in [3.05, 3.63) is 0 Å². The van der Waals surface area contributed by atoms with Crippen molar-refractivity contribution in [2.24, 2.45) is 11.7 Å². The molecule has 13 heavy (non-hydrogen) atoms. The van der Waals surface area contributed by atoms with Gasteiger partial charge in [-0.15, -0.1) is 0 Å². The van der Waals surface area contributed by atoms with Gasteiger partial charge in [0.25, 0.3) is 0 Å². The zero-order chi connectivity index (χ0) is 10.3. The monoisotopic (exact) mass is 294 g/mol. The molecule has 0 aliphatic carbocycles. The van der Waals surface area contributed by atoms with Crippen LogP contribution in [0.5, 0.6) is 0 Å². The van der Waals surface area contributed by atoms with Gasteiger partial charge in [0.15, 0.2) is 0 Å². The van der Waals surface area contributed by atoms with E-state index in [0.717, 1.165) is 13.0 Å². The van der Waals surface area contributed by atoms with Crippen molar-refractivity contribution in [1.82, 2.24) is 0 Å². The van der Waals surface area contributed by atoms with Crippen molar-refractivity contribution >= 4 is 20.2 Å². The van der Waals surface area contributed by atoms with Gasteiger partial charge in [-0.3, -0.25) is 0 Å². The van der Waals surface area contributed by atoms with Crippen LogP contribution in [0.15, 0.2) is 0 Å². The van der Waals surface area contributed by atoms with Crippen LogP contribution < -0.4 is 5.73 Å². The first-order valence-corrected chi connectivity index (χ1v) is 11.3. The third-order valence-corrected chi connectivity index (χ3v) is 6.75. The summed E-state index contributed by atoms with van der Waals surface area (Å²) in [6.45, 7) is 7.45. The standard InChI is InChI=1S/C5H12N.C4H9O.CH3.Sn/c1-3-4-5(2)6;1-4(2)3-5;;/h5H,1,3-4,6H2,2H3;4H,3H2,1-2H3;1H3;/q;-1;;+2. The predicted octanol–water partition coefficient (Wildman–Crippen LogP) is 2.41. The molecule has 3 heteroatoms. The third-order valence-electron chi connectivity index (χ3n) is 1.85. The van der Waals surface area contributed by atoms with Crippen LogP contribution in [-0.2, 0) is 3.07 Å². The second kappa shape index (κ2) is 8.06. The average molecular weight is 293 g/mol. The van der Waals surface area contributed by atoms with Gasteiger partial charge in [-0.25, -0.2) is 0 Å². The van der Waals surface area contributed by atoms with Gasteiger partial charge in [-0.05, 0) is 0 Å². The van der Waals surface area contributed by atoms with Crippen molar-refractivity contribution in [2.45, 2.75) is 49.0 Å². The molecule has 78 valence electrons. The number of hydrogen-bond donors (Lipinski definition) is 1. The first-order chi connectivity index (χ1) is 6.02. The van der Waals surface area contributed by atoms with E-state index in [1.807, 2.05) is 0 Å². The maximum atomic E-state index is 5.84. The molecule has 0 aromatic rings. The summed E-state index contributed by atoms with van der Waals surface area (Å²) in [5, 5.41) is 0. The predicted molar refractivity (Wildman–Crippen MR) is 60.1 cm³/mol. The Kier molecular flexibility index (Phi) is 8.51. The number of hydrogen-bond acceptors (Lipinski definition) is 2. The van der Waals surface area contributed by atoms with Crippen molar-refractivity contribution in [2.75, 3.05) is 6.61 Å². The molecule has 0 amide bonds. The average Bonchev–Trinajstić information content (AvgIpc) is 2.00. The van der Waals surface area contributed by atoms with Crippen molar-refractivity contribution in [3.63, 3.8) is 0 Å². The van der Waals surface area contributed by atoms with Crippen LogP contribution in [0.1, 0.15) is 33.6 Å². The molecule has 0 fully saturated rings. The molecule has 2 N–H and O–H groups in total. The van der Waals surface area contributed by atoms with Crippen molar-refractivity contribution in [1.29, 1.82) is 0 Å². The number of nitrogens with two attached hydrogens (primary N) is 1. The van der Waals surface area contributed by atoms with Crippen molar-refractivity contribution in [3.8, 4) is 0 Å². The molecular formula is C10H24NOSn+. The van der Waals surface area contributed by atoms with Crippen LogP contribution in [0.25, 0.3) is 0 Å². The Morgan fingerprint density at radius 1 is 1.31 bits per heavy atom. The molecule has 0 aliphatic heterocycles. The molecule has 0 radical (unpaired) electrons.